The first-order valence-electron chi connectivity index (χ1n) is 7.36. The third-order valence-corrected chi connectivity index (χ3v) is 4.07. The van der Waals surface area contributed by atoms with Crippen LogP contribution in [0.5, 0.6) is 0 Å². The van der Waals surface area contributed by atoms with Crippen molar-refractivity contribution in [1.82, 2.24) is 0 Å². The number of amides is 1. The minimum Gasteiger partial charge on any atom is -0.481 e. The Hall–Kier alpha value is -2.04. The molecule has 114 valence electrons. The number of benzene rings is 1. The van der Waals surface area contributed by atoms with E-state index in [1.165, 1.54) is 0 Å². The molecular weight excluding hydrogens is 268 g/mol. The fraction of sp³-hybridized carbons (Fsp3) is 0.500. The predicted octanol–water partition coefficient (Wildman–Crippen LogP) is 2.28. The normalized spacial score (nSPS) is 18.1. The van der Waals surface area contributed by atoms with Crippen molar-refractivity contribution in [3.63, 3.8) is 0 Å². The second-order valence-corrected chi connectivity index (χ2v) is 5.39. The maximum absolute atomic E-state index is 12.0. The lowest BCUT2D eigenvalue weighted by Gasteiger charge is -2.24. The van der Waals surface area contributed by atoms with Crippen molar-refractivity contribution in [1.29, 1.82) is 0 Å². The Balaban J connectivity index is 2.25. The molecule has 0 radical (unpaired) electrons. The van der Waals surface area contributed by atoms with E-state index in [2.05, 4.69) is 24.8 Å². The third-order valence-electron chi connectivity index (χ3n) is 4.07. The monoisotopic (exact) mass is 290 g/mol. The van der Waals surface area contributed by atoms with E-state index >= 15 is 0 Å². The number of carboxylic acid groups (broad SMARTS) is 1. The van der Waals surface area contributed by atoms with Crippen molar-refractivity contribution in [2.75, 3.05) is 29.4 Å². The van der Waals surface area contributed by atoms with E-state index in [1.807, 2.05) is 19.1 Å². The summed E-state index contributed by atoms with van der Waals surface area (Å²) in [5, 5.41) is 9.06. The fourth-order valence-corrected chi connectivity index (χ4v) is 2.83. The Bertz CT molecular complexity index is 552. The Morgan fingerprint density at radius 1 is 1.38 bits per heavy atom. The molecule has 1 aromatic carbocycles. The van der Waals surface area contributed by atoms with Crippen molar-refractivity contribution >= 4 is 23.3 Å². The Kier molecular flexibility index (Phi) is 4.50. The molecule has 0 saturated carbocycles. The van der Waals surface area contributed by atoms with Gasteiger partial charge in [-0.05, 0) is 44.5 Å². The minimum absolute atomic E-state index is 0.0899. The van der Waals surface area contributed by atoms with E-state index in [-0.39, 0.29) is 18.9 Å². The average Bonchev–Trinajstić information content (AvgIpc) is 2.83. The molecule has 1 saturated heterocycles. The van der Waals surface area contributed by atoms with Gasteiger partial charge in [-0.3, -0.25) is 9.59 Å². The Labute approximate surface area is 125 Å². The van der Waals surface area contributed by atoms with Gasteiger partial charge in [0, 0.05) is 37.4 Å². The molecule has 1 aliphatic heterocycles. The Morgan fingerprint density at radius 3 is 2.52 bits per heavy atom. The average molecular weight is 290 g/mol. The van der Waals surface area contributed by atoms with E-state index in [9.17, 15) is 9.59 Å². The number of hydrogen-bond acceptors (Lipinski definition) is 3. The van der Waals surface area contributed by atoms with Crippen molar-refractivity contribution in [2.45, 2.75) is 27.2 Å². The largest absolute Gasteiger partial charge is 0.481 e. The van der Waals surface area contributed by atoms with E-state index < -0.39 is 11.9 Å². The molecule has 0 aromatic heterocycles. The first-order chi connectivity index (χ1) is 9.97. The van der Waals surface area contributed by atoms with Gasteiger partial charge in [0.1, 0.15) is 0 Å². The zero-order valence-corrected chi connectivity index (χ0v) is 12.8. The highest BCUT2D eigenvalue weighted by Crippen LogP contribution is 2.30. The van der Waals surface area contributed by atoms with Crippen LogP contribution in [-0.2, 0) is 9.59 Å². The number of hydrogen-bond donors (Lipinski definition) is 1. The molecule has 0 bridgehead atoms. The molecule has 0 spiro atoms. The molecular formula is C16H22N2O3. The topological polar surface area (TPSA) is 60.9 Å². The van der Waals surface area contributed by atoms with Gasteiger partial charge >= 0.3 is 5.97 Å². The summed E-state index contributed by atoms with van der Waals surface area (Å²) in [7, 11) is 0. The van der Waals surface area contributed by atoms with Gasteiger partial charge in [0.2, 0.25) is 5.91 Å². The van der Waals surface area contributed by atoms with Gasteiger partial charge in [0.25, 0.3) is 0 Å². The van der Waals surface area contributed by atoms with Crippen LogP contribution in [-0.4, -0.2) is 36.6 Å². The highest BCUT2D eigenvalue weighted by molar-refractivity contribution is 5.99. The number of aliphatic carboxylic acids is 1. The molecule has 0 unspecified atom stereocenters. The fourth-order valence-electron chi connectivity index (χ4n) is 2.83. The second-order valence-electron chi connectivity index (χ2n) is 5.39. The zero-order chi connectivity index (χ0) is 15.6. The quantitative estimate of drug-likeness (QED) is 0.903. The second kappa shape index (κ2) is 6.16. The van der Waals surface area contributed by atoms with Crippen molar-refractivity contribution < 1.29 is 14.7 Å². The molecule has 1 fully saturated rings. The van der Waals surface area contributed by atoms with Crippen LogP contribution in [0.2, 0.25) is 0 Å². The molecule has 1 aliphatic rings. The van der Waals surface area contributed by atoms with Crippen molar-refractivity contribution in [3.8, 4) is 0 Å². The SMILES string of the molecule is CCN(CC)c1ccc(N2C[C@H](C(=O)O)CC2=O)c(C)c1. The van der Waals surface area contributed by atoms with Crippen molar-refractivity contribution in [3.05, 3.63) is 23.8 Å². The van der Waals surface area contributed by atoms with Gasteiger partial charge in [-0.15, -0.1) is 0 Å². The number of carbonyl (C=O) groups excluding carboxylic acids is 1. The van der Waals surface area contributed by atoms with E-state index in [4.69, 9.17) is 5.11 Å². The van der Waals surface area contributed by atoms with Crippen LogP contribution in [0, 0.1) is 12.8 Å². The van der Waals surface area contributed by atoms with Gasteiger partial charge in [-0.2, -0.15) is 0 Å². The molecule has 1 amide bonds. The molecule has 1 atom stereocenters. The predicted molar refractivity (Wildman–Crippen MR) is 82.8 cm³/mol. The maximum Gasteiger partial charge on any atom is 0.308 e. The summed E-state index contributed by atoms with van der Waals surface area (Å²) in [6, 6.07) is 5.98. The summed E-state index contributed by atoms with van der Waals surface area (Å²) in [6.07, 6.45) is 0.0899. The summed E-state index contributed by atoms with van der Waals surface area (Å²) in [5.41, 5.74) is 2.95. The lowest BCUT2D eigenvalue weighted by atomic mass is 10.1. The van der Waals surface area contributed by atoms with Gasteiger partial charge in [-0.25, -0.2) is 0 Å². The molecule has 1 aromatic rings. The smallest absolute Gasteiger partial charge is 0.308 e. The summed E-state index contributed by atoms with van der Waals surface area (Å²) in [4.78, 5) is 26.9. The van der Waals surface area contributed by atoms with Gasteiger partial charge in [0.05, 0.1) is 5.92 Å². The number of nitrogens with zero attached hydrogens (tertiary/aromatic N) is 2. The first-order valence-corrected chi connectivity index (χ1v) is 7.36. The van der Waals surface area contributed by atoms with Crippen LogP contribution < -0.4 is 9.80 Å². The molecule has 1 heterocycles. The standard InChI is InChI=1S/C16H22N2O3/c1-4-17(5-2)13-6-7-14(11(3)8-13)18-10-12(16(20)21)9-15(18)19/h6-8,12H,4-5,9-10H2,1-3H3,(H,20,21)/t12-/m1/s1. The van der Waals surface area contributed by atoms with Crippen LogP contribution in [0.3, 0.4) is 0 Å². The molecule has 5 heteroatoms. The van der Waals surface area contributed by atoms with Gasteiger partial charge in [0.15, 0.2) is 0 Å². The number of carbonyl (C=O) groups is 2. The van der Waals surface area contributed by atoms with Crippen LogP contribution in [0.4, 0.5) is 11.4 Å². The number of carboxylic acids is 1. The number of anilines is 2. The lowest BCUT2D eigenvalue weighted by Crippen LogP contribution is -2.27. The van der Waals surface area contributed by atoms with E-state index in [1.54, 1.807) is 4.90 Å². The molecule has 1 N–H and O–H groups in total. The summed E-state index contributed by atoms with van der Waals surface area (Å²) >= 11 is 0. The van der Waals surface area contributed by atoms with Crippen molar-refractivity contribution in [2.24, 2.45) is 5.92 Å². The highest BCUT2D eigenvalue weighted by atomic mass is 16.4. The van der Waals surface area contributed by atoms with Crippen LogP contribution in [0.15, 0.2) is 18.2 Å². The lowest BCUT2D eigenvalue weighted by molar-refractivity contribution is -0.141. The van der Waals surface area contributed by atoms with E-state index in [0.29, 0.717) is 0 Å². The summed E-state index contributed by atoms with van der Waals surface area (Å²) in [6.45, 7) is 8.30. The number of aryl methyl sites for hydroxylation is 1. The third kappa shape index (κ3) is 3.01. The van der Waals surface area contributed by atoms with Gasteiger partial charge < -0.3 is 14.9 Å². The molecule has 5 nitrogen and oxygen atoms in total. The van der Waals surface area contributed by atoms with Crippen LogP contribution >= 0.6 is 0 Å². The van der Waals surface area contributed by atoms with Crippen LogP contribution in [0.25, 0.3) is 0 Å². The maximum atomic E-state index is 12.0. The molecule has 2 rings (SSSR count). The van der Waals surface area contributed by atoms with Crippen LogP contribution in [0.1, 0.15) is 25.8 Å². The Morgan fingerprint density at radius 2 is 2.05 bits per heavy atom. The molecule has 21 heavy (non-hydrogen) atoms. The number of rotatable bonds is 5. The first kappa shape index (κ1) is 15.4. The minimum atomic E-state index is -0.900. The zero-order valence-electron chi connectivity index (χ0n) is 12.8. The van der Waals surface area contributed by atoms with E-state index in [0.717, 1.165) is 30.0 Å². The molecule has 0 aliphatic carbocycles. The highest BCUT2D eigenvalue weighted by Gasteiger charge is 2.35. The summed E-state index contributed by atoms with van der Waals surface area (Å²) in [5.74, 6) is -1.61. The van der Waals surface area contributed by atoms with Gasteiger partial charge in [-0.1, -0.05) is 0 Å². The summed E-state index contributed by atoms with van der Waals surface area (Å²) < 4.78 is 0.